The zero-order valence-corrected chi connectivity index (χ0v) is 11.5. The molecule has 100 valence electrons. The summed E-state index contributed by atoms with van der Waals surface area (Å²) in [6.07, 6.45) is 0.980. The zero-order valence-electron chi connectivity index (χ0n) is 11.5. The molecule has 2 rings (SSSR count). The lowest BCUT2D eigenvalue weighted by atomic mass is 10.0. The van der Waals surface area contributed by atoms with Crippen LogP contribution in [0.15, 0.2) is 60.7 Å². The third-order valence-corrected chi connectivity index (χ3v) is 3.34. The summed E-state index contributed by atoms with van der Waals surface area (Å²) < 4.78 is 0. The van der Waals surface area contributed by atoms with Gasteiger partial charge in [0.25, 0.3) is 0 Å². The van der Waals surface area contributed by atoms with Gasteiger partial charge in [-0.05, 0) is 31.1 Å². The standard InChI is InChI=1S/C17H22N2/c1-19(14-15-8-4-2-5-9-15)13-12-17(18)16-10-6-3-7-11-16/h2-11,17H,12-14,18H2,1H3. The van der Waals surface area contributed by atoms with Gasteiger partial charge in [-0.2, -0.15) is 0 Å². The molecule has 0 heterocycles. The molecule has 0 aliphatic rings. The summed E-state index contributed by atoms with van der Waals surface area (Å²) in [5, 5.41) is 0. The fourth-order valence-corrected chi connectivity index (χ4v) is 2.20. The maximum atomic E-state index is 6.21. The first-order valence-corrected chi connectivity index (χ1v) is 6.78. The molecule has 0 amide bonds. The van der Waals surface area contributed by atoms with Crippen LogP contribution in [-0.2, 0) is 6.54 Å². The highest BCUT2D eigenvalue weighted by molar-refractivity contribution is 5.18. The highest BCUT2D eigenvalue weighted by Gasteiger charge is 2.07. The normalized spacial score (nSPS) is 12.6. The predicted molar refractivity (Wildman–Crippen MR) is 80.8 cm³/mol. The van der Waals surface area contributed by atoms with Gasteiger partial charge in [-0.1, -0.05) is 60.7 Å². The summed E-state index contributed by atoms with van der Waals surface area (Å²) in [7, 11) is 2.14. The van der Waals surface area contributed by atoms with Gasteiger partial charge in [0, 0.05) is 12.6 Å². The highest BCUT2D eigenvalue weighted by Crippen LogP contribution is 2.14. The molecule has 2 nitrogen and oxygen atoms in total. The molecular formula is C17H22N2. The van der Waals surface area contributed by atoms with Crippen LogP contribution in [0, 0.1) is 0 Å². The first-order valence-electron chi connectivity index (χ1n) is 6.78. The quantitative estimate of drug-likeness (QED) is 0.857. The largest absolute Gasteiger partial charge is 0.324 e. The van der Waals surface area contributed by atoms with E-state index in [1.807, 2.05) is 18.2 Å². The second-order valence-electron chi connectivity index (χ2n) is 5.03. The third kappa shape index (κ3) is 4.51. The van der Waals surface area contributed by atoms with Crippen molar-refractivity contribution in [3.05, 3.63) is 71.8 Å². The molecule has 1 unspecified atom stereocenters. The van der Waals surface area contributed by atoms with Crippen LogP contribution in [0.5, 0.6) is 0 Å². The fraction of sp³-hybridized carbons (Fsp3) is 0.294. The number of benzene rings is 2. The Bertz CT molecular complexity index is 467. The van der Waals surface area contributed by atoms with Crippen molar-refractivity contribution >= 4 is 0 Å². The van der Waals surface area contributed by atoms with Gasteiger partial charge in [-0.25, -0.2) is 0 Å². The van der Waals surface area contributed by atoms with Gasteiger partial charge in [0.1, 0.15) is 0 Å². The lowest BCUT2D eigenvalue weighted by molar-refractivity contribution is 0.311. The van der Waals surface area contributed by atoms with Gasteiger partial charge in [-0.3, -0.25) is 0 Å². The monoisotopic (exact) mass is 254 g/mol. The summed E-state index contributed by atoms with van der Waals surface area (Å²) in [5.74, 6) is 0. The molecule has 19 heavy (non-hydrogen) atoms. The van der Waals surface area contributed by atoms with Gasteiger partial charge >= 0.3 is 0 Å². The molecule has 0 fully saturated rings. The molecule has 0 aromatic heterocycles. The van der Waals surface area contributed by atoms with E-state index in [9.17, 15) is 0 Å². The van der Waals surface area contributed by atoms with Crippen LogP contribution in [0.1, 0.15) is 23.6 Å². The lowest BCUT2D eigenvalue weighted by Gasteiger charge is -2.19. The number of hydrogen-bond donors (Lipinski definition) is 1. The predicted octanol–water partition coefficient (Wildman–Crippen LogP) is 3.21. The van der Waals surface area contributed by atoms with Gasteiger partial charge in [0.15, 0.2) is 0 Å². The first-order chi connectivity index (χ1) is 9.25. The van der Waals surface area contributed by atoms with Crippen molar-refractivity contribution in [1.82, 2.24) is 4.90 Å². The number of nitrogens with zero attached hydrogens (tertiary/aromatic N) is 1. The van der Waals surface area contributed by atoms with Crippen molar-refractivity contribution in [2.75, 3.05) is 13.6 Å². The van der Waals surface area contributed by atoms with E-state index in [0.29, 0.717) is 0 Å². The van der Waals surface area contributed by atoms with Crippen LogP contribution in [-0.4, -0.2) is 18.5 Å². The summed E-state index contributed by atoms with van der Waals surface area (Å²) in [6, 6.07) is 21.0. The van der Waals surface area contributed by atoms with Crippen LogP contribution >= 0.6 is 0 Å². The first kappa shape index (κ1) is 13.8. The Balaban J connectivity index is 1.79. The molecule has 2 N–H and O–H groups in total. The molecule has 0 aliphatic carbocycles. The van der Waals surface area contributed by atoms with Gasteiger partial charge in [0.05, 0.1) is 0 Å². The third-order valence-electron chi connectivity index (χ3n) is 3.34. The van der Waals surface area contributed by atoms with E-state index in [2.05, 4.69) is 54.4 Å². The molecule has 2 heteroatoms. The Morgan fingerprint density at radius 1 is 0.947 bits per heavy atom. The van der Waals surface area contributed by atoms with Crippen molar-refractivity contribution in [2.45, 2.75) is 19.0 Å². The van der Waals surface area contributed by atoms with E-state index >= 15 is 0 Å². The average molecular weight is 254 g/mol. The molecular weight excluding hydrogens is 232 g/mol. The summed E-state index contributed by atoms with van der Waals surface area (Å²) >= 11 is 0. The summed E-state index contributed by atoms with van der Waals surface area (Å²) in [6.45, 7) is 1.98. The fourth-order valence-electron chi connectivity index (χ4n) is 2.20. The highest BCUT2D eigenvalue weighted by atomic mass is 15.1. The van der Waals surface area contributed by atoms with Crippen molar-refractivity contribution in [2.24, 2.45) is 5.73 Å². The number of hydrogen-bond acceptors (Lipinski definition) is 2. The lowest BCUT2D eigenvalue weighted by Crippen LogP contribution is -2.23. The zero-order chi connectivity index (χ0) is 13.5. The maximum absolute atomic E-state index is 6.21. The Hall–Kier alpha value is -1.64. The minimum absolute atomic E-state index is 0.124. The Morgan fingerprint density at radius 3 is 2.16 bits per heavy atom. The number of rotatable bonds is 6. The number of nitrogens with two attached hydrogens (primary N) is 1. The second kappa shape index (κ2) is 7.07. The SMILES string of the molecule is CN(CCC(N)c1ccccc1)Cc1ccccc1. The molecule has 0 radical (unpaired) electrons. The van der Waals surface area contributed by atoms with E-state index < -0.39 is 0 Å². The maximum Gasteiger partial charge on any atom is 0.0307 e. The van der Waals surface area contributed by atoms with Crippen LogP contribution in [0.3, 0.4) is 0 Å². The Kier molecular flexibility index (Phi) is 5.13. The van der Waals surface area contributed by atoms with Crippen LogP contribution in [0.25, 0.3) is 0 Å². The molecule has 0 saturated carbocycles. The van der Waals surface area contributed by atoms with Gasteiger partial charge in [0.2, 0.25) is 0 Å². The molecule has 0 saturated heterocycles. The molecule has 0 aliphatic heterocycles. The van der Waals surface area contributed by atoms with Crippen molar-refractivity contribution in [3.8, 4) is 0 Å². The smallest absolute Gasteiger partial charge is 0.0307 e. The summed E-state index contributed by atoms with van der Waals surface area (Å²) in [4.78, 5) is 2.32. The molecule has 2 aromatic rings. The molecule has 2 aromatic carbocycles. The van der Waals surface area contributed by atoms with E-state index in [1.54, 1.807) is 0 Å². The van der Waals surface area contributed by atoms with Gasteiger partial charge < -0.3 is 10.6 Å². The van der Waals surface area contributed by atoms with Crippen LogP contribution in [0.4, 0.5) is 0 Å². The van der Waals surface area contributed by atoms with Crippen molar-refractivity contribution in [1.29, 1.82) is 0 Å². The Labute approximate surface area is 115 Å². The van der Waals surface area contributed by atoms with Crippen LogP contribution < -0.4 is 5.73 Å². The summed E-state index contributed by atoms with van der Waals surface area (Å²) in [5.41, 5.74) is 8.77. The average Bonchev–Trinajstić information content (AvgIpc) is 2.47. The van der Waals surface area contributed by atoms with Crippen molar-refractivity contribution < 1.29 is 0 Å². The van der Waals surface area contributed by atoms with E-state index in [0.717, 1.165) is 19.5 Å². The minimum atomic E-state index is 0.124. The molecule has 0 spiro atoms. The van der Waals surface area contributed by atoms with E-state index in [1.165, 1.54) is 11.1 Å². The molecule has 0 bridgehead atoms. The Morgan fingerprint density at radius 2 is 1.53 bits per heavy atom. The minimum Gasteiger partial charge on any atom is -0.324 e. The van der Waals surface area contributed by atoms with E-state index in [4.69, 9.17) is 5.73 Å². The topological polar surface area (TPSA) is 29.3 Å². The van der Waals surface area contributed by atoms with Crippen LogP contribution in [0.2, 0.25) is 0 Å². The van der Waals surface area contributed by atoms with E-state index in [-0.39, 0.29) is 6.04 Å². The van der Waals surface area contributed by atoms with Crippen molar-refractivity contribution in [3.63, 3.8) is 0 Å². The molecule has 1 atom stereocenters. The second-order valence-corrected chi connectivity index (χ2v) is 5.03. The van der Waals surface area contributed by atoms with Gasteiger partial charge in [-0.15, -0.1) is 0 Å².